The zero-order valence-electron chi connectivity index (χ0n) is 9.64. The van der Waals surface area contributed by atoms with Gasteiger partial charge in [0.15, 0.2) is 0 Å². The molecule has 3 heteroatoms. The molecule has 0 aliphatic rings. The molecule has 0 aliphatic carbocycles. The van der Waals surface area contributed by atoms with Gasteiger partial charge in [0.1, 0.15) is 0 Å². The molecule has 84 valence electrons. The first-order valence-electron chi connectivity index (χ1n) is 5.54. The Morgan fingerprint density at radius 1 is 1.36 bits per heavy atom. The largest absolute Gasteiger partial charge is 0.462 e. The minimum absolute atomic E-state index is 0.0627. The molecule has 3 nitrogen and oxygen atoms in total. The summed E-state index contributed by atoms with van der Waals surface area (Å²) in [4.78, 5) is 11.1. The van der Waals surface area contributed by atoms with Crippen LogP contribution in [0.2, 0.25) is 0 Å². The third kappa shape index (κ3) is 8.05. The van der Waals surface area contributed by atoms with E-state index in [-0.39, 0.29) is 12.1 Å². The summed E-state index contributed by atoms with van der Waals surface area (Å²) < 4.78 is 5.17. The van der Waals surface area contributed by atoms with Crippen LogP contribution >= 0.6 is 0 Å². The highest BCUT2D eigenvalue weighted by Gasteiger charge is 2.07. The van der Waals surface area contributed by atoms with E-state index in [9.17, 15) is 4.79 Å². The van der Waals surface area contributed by atoms with Gasteiger partial charge in [-0.05, 0) is 26.8 Å². The van der Waals surface area contributed by atoms with Gasteiger partial charge in [-0.1, -0.05) is 26.2 Å². The fraction of sp³-hybridized carbons (Fsp3) is 0.909. The summed E-state index contributed by atoms with van der Waals surface area (Å²) in [7, 11) is 1.74. The van der Waals surface area contributed by atoms with E-state index in [0.29, 0.717) is 6.54 Å². The molecule has 14 heavy (non-hydrogen) atoms. The van der Waals surface area contributed by atoms with Crippen molar-refractivity contribution in [3.8, 4) is 0 Å². The first-order chi connectivity index (χ1) is 6.70. The highest BCUT2D eigenvalue weighted by atomic mass is 16.5. The lowest BCUT2D eigenvalue weighted by Crippen LogP contribution is -2.24. The molecule has 0 rings (SSSR count). The number of esters is 1. The second-order valence-corrected chi connectivity index (χ2v) is 3.68. The van der Waals surface area contributed by atoms with Crippen LogP contribution in [0.15, 0.2) is 0 Å². The standard InChI is InChI=1S/C11H23NO2/c1-4-5-6-7-8-10(2)14-11(13)9-12-3/h10,12H,4-9H2,1-3H3. The van der Waals surface area contributed by atoms with E-state index < -0.39 is 0 Å². The molecule has 0 saturated heterocycles. The summed E-state index contributed by atoms with van der Waals surface area (Å²) in [6.45, 7) is 4.45. The quantitative estimate of drug-likeness (QED) is 0.483. The molecule has 0 spiro atoms. The van der Waals surface area contributed by atoms with Crippen LogP contribution in [0, 0.1) is 0 Å². The maximum Gasteiger partial charge on any atom is 0.320 e. The van der Waals surface area contributed by atoms with Crippen molar-refractivity contribution < 1.29 is 9.53 Å². The van der Waals surface area contributed by atoms with Gasteiger partial charge >= 0.3 is 5.97 Å². The third-order valence-electron chi connectivity index (χ3n) is 2.12. The molecule has 0 bridgehead atoms. The van der Waals surface area contributed by atoms with E-state index in [4.69, 9.17) is 4.74 Å². The fourth-order valence-electron chi connectivity index (χ4n) is 1.33. The highest BCUT2D eigenvalue weighted by Crippen LogP contribution is 2.07. The van der Waals surface area contributed by atoms with Crippen molar-refractivity contribution in [1.29, 1.82) is 0 Å². The Balaban J connectivity index is 3.35. The van der Waals surface area contributed by atoms with Crippen LogP contribution < -0.4 is 5.32 Å². The van der Waals surface area contributed by atoms with Gasteiger partial charge in [-0.15, -0.1) is 0 Å². The Morgan fingerprint density at radius 2 is 2.07 bits per heavy atom. The maximum atomic E-state index is 11.1. The Bertz CT molecular complexity index is 148. The molecular formula is C11H23NO2. The van der Waals surface area contributed by atoms with Crippen LogP contribution in [0.5, 0.6) is 0 Å². The SMILES string of the molecule is CCCCCCC(C)OC(=O)CNC. The number of carbonyl (C=O) groups is 1. The summed E-state index contributed by atoms with van der Waals surface area (Å²) in [6.07, 6.45) is 5.96. The Labute approximate surface area is 87.2 Å². The number of unbranched alkanes of at least 4 members (excludes halogenated alkanes) is 3. The second-order valence-electron chi connectivity index (χ2n) is 3.68. The van der Waals surface area contributed by atoms with Gasteiger partial charge in [0.25, 0.3) is 0 Å². The van der Waals surface area contributed by atoms with Gasteiger partial charge in [0.2, 0.25) is 0 Å². The lowest BCUT2D eigenvalue weighted by Gasteiger charge is -2.12. The predicted octanol–water partition coefficient (Wildman–Crippen LogP) is 2.11. The van der Waals surface area contributed by atoms with Gasteiger partial charge in [-0.3, -0.25) is 4.79 Å². The predicted molar refractivity (Wildman–Crippen MR) is 58.2 cm³/mol. The van der Waals surface area contributed by atoms with Gasteiger partial charge in [0.05, 0.1) is 12.6 Å². The monoisotopic (exact) mass is 201 g/mol. The summed E-state index contributed by atoms with van der Waals surface area (Å²) in [5, 5.41) is 2.77. The van der Waals surface area contributed by atoms with Crippen LogP contribution in [0.25, 0.3) is 0 Å². The number of ether oxygens (including phenoxy) is 1. The van der Waals surface area contributed by atoms with Crippen molar-refractivity contribution in [3.63, 3.8) is 0 Å². The van der Waals surface area contributed by atoms with Gasteiger partial charge in [0, 0.05) is 0 Å². The lowest BCUT2D eigenvalue weighted by molar-refractivity contribution is -0.147. The van der Waals surface area contributed by atoms with E-state index in [1.165, 1.54) is 19.3 Å². The third-order valence-corrected chi connectivity index (χ3v) is 2.12. The Morgan fingerprint density at radius 3 is 2.64 bits per heavy atom. The summed E-state index contributed by atoms with van der Waals surface area (Å²) in [5.41, 5.74) is 0. The van der Waals surface area contributed by atoms with E-state index in [2.05, 4.69) is 12.2 Å². The molecule has 0 amide bonds. The molecular weight excluding hydrogens is 178 g/mol. The molecule has 0 saturated carbocycles. The number of carbonyl (C=O) groups excluding carboxylic acids is 1. The van der Waals surface area contributed by atoms with Crippen molar-refractivity contribution in [2.75, 3.05) is 13.6 Å². The van der Waals surface area contributed by atoms with E-state index in [0.717, 1.165) is 12.8 Å². The average Bonchev–Trinajstić information content (AvgIpc) is 2.13. The van der Waals surface area contributed by atoms with Crippen LogP contribution in [-0.2, 0) is 9.53 Å². The number of rotatable bonds is 8. The Hall–Kier alpha value is -0.570. The van der Waals surface area contributed by atoms with Crippen molar-refractivity contribution in [3.05, 3.63) is 0 Å². The molecule has 0 aromatic carbocycles. The highest BCUT2D eigenvalue weighted by molar-refractivity contribution is 5.71. The van der Waals surface area contributed by atoms with E-state index >= 15 is 0 Å². The molecule has 1 N–H and O–H groups in total. The molecule has 1 unspecified atom stereocenters. The minimum Gasteiger partial charge on any atom is -0.462 e. The van der Waals surface area contributed by atoms with E-state index in [1.807, 2.05) is 6.92 Å². The zero-order chi connectivity index (χ0) is 10.8. The van der Waals surface area contributed by atoms with E-state index in [1.54, 1.807) is 7.05 Å². The lowest BCUT2D eigenvalue weighted by atomic mass is 10.1. The van der Waals surface area contributed by atoms with Gasteiger partial charge in [-0.2, -0.15) is 0 Å². The van der Waals surface area contributed by atoms with Crippen LogP contribution in [-0.4, -0.2) is 25.7 Å². The van der Waals surface area contributed by atoms with Crippen molar-refractivity contribution in [2.24, 2.45) is 0 Å². The van der Waals surface area contributed by atoms with Gasteiger partial charge in [-0.25, -0.2) is 0 Å². The first kappa shape index (κ1) is 13.4. The molecule has 0 heterocycles. The molecule has 0 radical (unpaired) electrons. The summed E-state index contributed by atoms with van der Waals surface area (Å²) in [5.74, 6) is -0.157. The molecule has 0 aromatic rings. The number of hydrogen-bond acceptors (Lipinski definition) is 3. The number of hydrogen-bond donors (Lipinski definition) is 1. The Kier molecular flexibility index (Phi) is 8.64. The van der Waals surface area contributed by atoms with Crippen LogP contribution in [0.1, 0.15) is 46.0 Å². The minimum atomic E-state index is -0.157. The van der Waals surface area contributed by atoms with Crippen molar-refractivity contribution in [1.82, 2.24) is 5.32 Å². The van der Waals surface area contributed by atoms with Crippen molar-refractivity contribution >= 4 is 5.97 Å². The summed E-state index contributed by atoms with van der Waals surface area (Å²) in [6, 6.07) is 0. The number of likely N-dealkylation sites (N-methyl/N-ethyl adjacent to an activating group) is 1. The van der Waals surface area contributed by atoms with Gasteiger partial charge < -0.3 is 10.1 Å². The number of nitrogens with one attached hydrogen (secondary N) is 1. The van der Waals surface area contributed by atoms with Crippen LogP contribution in [0.3, 0.4) is 0 Å². The zero-order valence-corrected chi connectivity index (χ0v) is 9.64. The average molecular weight is 201 g/mol. The molecule has 1 atom stereocenters. The van der Waals surface area contributed by atoms with Crippen molar-refractivity contribution in [2.45, 2.75) is 52.1 Å². The maximum absolute atomic E-state index is 11.1. The summed E-state index contributed by atoms with van der Waals surface area (Å²) >= 11 is 0. The molecule has 0 aliphatic heterocycles. The second kappa shape index (κ2) is 9.00. The topological polar surface area (TPSA) is 38.3 Å². The molecule has 0 fully saturated rings. The normalized spacial score (nSPS) is 12.5. The van der Waals surface area contributed by atoms with Crippen LogP contribution in [0.4, 0.5) is 0 Å². The smallest absolute Gasteiger partial charge is 0.320 e. The molecule has 0 aromatic heterocycles. The fourth-order valence-corrected chi connectivity index (χ4v) is 1.33. The first-order valence-corrected chi connectivity index (χ1v) is 5.54.